The highest BCUT2D eigenvalue weighted by molar-refractivity contribution is 6.35. The van der Waals surface area contributed by atoms with Crippen LogP contribution in [-0.2, 0) is 9.59 Å². The van der Waals surface area contributed by atoms with Crippen molar-refractivity contribution in [2.45, 2.75) is 0 Å². The first-order valence-electron chi connectivity index (χ1n) is 7.30. The molecule has 4 amide bonds. The normalized spacial score (nSPS) is 17.7. The van der Waals surface area contributed by atoms with Crippen molar-refractivity contribution in [3.05, 3.63) is 58.3 Å². The van der Waals surface area contributed by atoms with Gasteiger partial charge in [0.25, 0.3) is 5.91 Å². The highest BCUT2D eigenvalue weighted by Crippen LogP contribution is 2.26. The maximum atomic E-state index is 14.0. The summed E-state index contributed by atoms with van der Waals surface area (Å²) < 4.78 is 14.0. The van der Waals surface area contributed by atoms with Crippen molar-refractivity contribution in [2.24, 2.45) is 10.9 Å². The standard InChI is InChI=1S/C17H10Cl2FN3O3/c18-9-5-10(19)7-11(6-9)21-8-12-15(24)22-17(26)23(16(12)25)14-4-2-1-3-13(14)20/h1-8,12H,(H,22,24,26)/t12-/m1/s1. The van der Waals surface area contributed by atoms with Gasteiger partial charge in [-0.1, -0.05) is 35.3 Å². The van der Waals surface area contributed by atoms with E-state index in [1.54, 1.807) is 0 Å². The molecule has 9 heteroatoms. The van der Waals surface area contributed by atoms with Crippen molar-refractivity contribution >= 4 is 58.6 Å². The van der Waals surface area contributed by atoms with Crippen molar-refractivity contribution in [3.63, 3.8) is 0 Å². The predicted octanol–water partition coefficient (Wildman–Crippen LogP) is 3.73. The number of benzene rings is 2. The Morgan fingerprint density at radius 1 is 1.08 bits per heavy atom. The van der Waals surface area contributed by atoms with Crippen molar-refractivity contribution in [1.82, 2.24) is 5.32 Å². The molecule has 3 rings (SSSR count). The summed E-state index contributed by atoms with van der Waals surface area (Å²) in [5, 5.41) is 2.66. The van der Waals surface area contributed by atoms with E-state index in [1.807, 2.05) is 5.32 Å². The number of halogens is 3. The Kier molecular flexibility index (Phi) is 5.01. The molecule has 2 aromatic rings. The lowest BCUT2D eigenvalue weighted by Crippen LogP contribution is -2.58. The van der Waals surface area contributed by atoms with Crippen molar-refractivity contribution < 1.29 is 18.8 Å². The third-order valence-electron chi connectivity index (χ3n) is 3.52. The summed E-state index contributed by atoms with van der Waals surface area (Å²) in [7, 11) is 0. The predicted molar refractivity (Wildman–Crippen MR) is 95.5 cm³/mol. The van der Waals surface area contributed by atoms with Crippen LogP contribution in [0.3, 0.4) is 0 Å². The van der Waals surface area contributed by atoms with Gasteiger partial charge in [-0.25, -0.2) is 14.1 Å². The van der Waals surface area contributed by atoms with E-state index in [2.05, 4.69) is 4.99 Å². The van der Waals surface area contributed by atoms with Gasteiger partial charge in [0.2, 0.25) is 5.91 Å². The highest BCUT2D eigenvalue weighted by Gasteiger charge is 2.41. The molecule has 1 aliphatic heterocycles. The largest absolute Gasteiger partial charge is 0.335 e. The second-order valence-electron chi connectivity index (χ2n) is 5.30. The molecule has 1 atom stereocenters. The van der Waals surface area contributed by atoms with E-state index in [9.17, 15) is 18.8 Å². The van der Waals surface area contributed by atoms with Gasteiger partial charge in [0.15, 0.2) is 5.92 Å². The van der Waals surface area contributed by atoms with Crippen LogP contribution in [0.1, 0.15) is 0 Å². The number of anilines is 1. The minimum absolute atomic E-state index is 0.258. The van der Waals surface area contributed by atoms with Gasteiger partial charge in [-0.05, 0) is 30.3 Å². The van der Waals surface area contributed by atoms with Gasteiger partial charge in [-0.15, -0.1) is 0 Å². The number of aliphatic imine (C=N–C) groups is 1. The second-order valence-corrected chi connectivity index (χ2v) is 6.18. The van der Waals surface area contributed by atoms with Crippen LogP contribution in [0.2, 0.25) is 10.0 Å². The smallest absolute Gasteiger partial charge is 0.276 e. The van der Waals surface area contributed by atoms with Crippen LogP contribution >= 0.6 is 23.2 Å². The molecule has 0 saturated carbocycles. The van der Waals surface area contributed by atoms with Crippen LogP contribution in [0, 0.1) is 11.7 Å². The molecule has 132 valence electrons. The summed E-state index contributed by atoms with van der Waals surface area (Å²) in [6.45, 7) is 0. The van der Waals surface area contributed by atoms with E-state index in [-0.39, 0.29) is 5.69 Å². The Morgan fingerprint density at radius 3 is 2.38 bits per heavy atom. The molecule has 0 aromatic heterocycles. The highest BCUT2D eigenvalue weighted by atomic mass is 35.5. The fourth-order valence-electron chi connectivity index (χ4n) is 2.36. The summed E-state index contributed by atoms with van der Waals surface area (Å²) in [5.41, 5.74) is 0.0594. The summed E-state index contributed by atoms with van der Waals surface area (Å²) in [5.74, 6) is -3.96. The number of imide groups is 2. The number of urea groups is 1. The molecule has 26 heavy (non-hydrogen) atoms. The number of para-hydroxylation sites is 1. The summed E-state index contributed by atoms with van der Waals surface area (Å²) in [6, 6.07) is 8.67. The number of hydrogen-bond donors (Lipinski definition) is 1. The topological polar surface area (TPSA) is 78.8 Å². The van der Waals surface area contributed by atoms with Gasteiger partial charge >= 0.3 is 6.03 Å². The fraction of sp³-hybridized carbons (Fsp3) is 0.0588. The maximum Gasteiger partial charge on any atom is 0.335 e. The molecule has 1 aliphatic rings. The van der Waals surface area contributed by atoms with Crippen LogP contribution in [0.15, 0.2) is 47.5 Å². The molecule has 2 aromatic carbocycles. The number of carbonyl (C=O) groups excluding carboxylic acids is 3. The number of barbiturate groups is 1. The fourth-order valence-corrected chi connectivity index (χ4v) is 2.87. The number of nitrogens with zero attached hydrogens (tertiary/aromatic N) is 2. The molecule has 0 aliphatic carbocycles. The molecule has 0 unspecified atom stereocenters. The van der Waals surface area contributed by atoms with Crippen LogP contribution in [0.5, 0.6) is 0 Å². The molecule has 0 radical (unpaired) electrons. The van der Waals surface area contributed by atoms with Gasteiger partial charge in [-0.2, -0.15) is 0 Å². The zero-order valence-corrected chi connectivity index (χ0v) is 14.5. The Hall–Kier alpha value is -2.77. The van der Waals surface area contributed by atoms with Gasteiger partial charge in [0.1, 0.15) is 5.82 Å². The molecular formula is C17H10Cl2FN3O3. The number of carbonyl (C=O) groups is 3. The minimum Gasteiger partial charge on any atom is -0.276 e. The SMILES string of the molecule is O=C1NC(=O)N(c2ccccc2F)C(=O)[C@@H]1C=Nc1cc(Cl)cc(Cl)c1. The van der Waals surface area contributed by atoms with E-state index >= 15 is 0 Å². The lowest BCUT2D eigenvalue weighted by atomic mass is 10.1. The van der Waals surface area contributed by atoms with Gasteiger partial charge in [-0.3, -0.25) is 19.9 Å². The van der Waals surface area contributed by atoms with Gasteiger partial charge < -0.3 is 0 Å². The molecule has 1 saturated heterocycles. The maximum absolute atomic E-state index is 14.0. The molecule has 0 bridgehead atoms. The summed E-state index contributed by atoms with van der Waals surface area (Å²) >= 11 is 11.7. The van der Waals surface area contributed by atoms with Gasteiger partial charge in [0.05, 0.1) is 11.4 Å². The Labute approximate surface area is 157 Å². The van der Waals surface area contributed by atoms with Crippen molar-refractivity contribution in [3.8, 4) is 0 Å². The van der Waals surface area contributed by atoms with Crippen LogP contribution < -0.4 is 10.2 Å². The van der Waals surface area contributed by atoms with E-state index in [1.165, 1.54) is 36.4 Å². The monoisotopic (exact) mass is 393 g/mol. The Bertz CT molecular complexity index is 928. The van der Waals surface area contributed by atoms with E-state index in [0.29, 0.717) is 20.6 Å². The first-order valence-corrected chi connectivity index (χ1v) is 8.06. The van der Waals surface area contributed by atoms with Crippen LogP contribution in [-0.4, -0.2) is 24.1 Å². The van der Waals surface area contributed by atoms with Crippen molar-refractivity contribution in [1.29, 1.82) is 0 Å². The third kappa shape index (κ3) is 3.58. The zero-order chi connectivity index (χ0) is 18.8. The zero-order valence-electron chi connectivity index (χ0n) is 12.9. The molecule has 1 heterocycles. The third-order valence-corrected chi connectivity index (χ3v) is 3.95. The van der Waals surface area contributed by atoms with Crippen LogP contribution in [0.25, 0.3) is 0 Å². The molecule has 1 N–H and O–H groups in total. The average molecular weight is 394 g/mol. The average Bonchev–Trinajstić information content (AvgIpc) is 2.55. The van der Waals surface area contributed by atoms with E-state index in [0.717, 1.165) is 12.3 Å². The van der Waals surface area contributed by atoms with E-state index < -0.39 is 29.6 Å². The number of nitrogens with one attached hydrogen (secondary N) is 1. The first kappa shape index (κ1) is 18.0. The van der Waals surface area contributed by atoms with Crippen molar-refractivity contribution in [2.75, 3.05) is 4.90 Å². The number of rotatable bonds is 3. The Balaban J connectivity index is 1.93. The molecular weight excluding hydrogens is 384 g/mol. The molecule has 1 fully saturated rings. The van der Waals surface area contributed by atoms with Gasteiger partial charge in [0, 0.05) is 16.3 Å². The van der Waals surface area contributed by atoms with Crippen LogP contribution in [0.4, 0.5) is 20.6 Å². The Morgan fingerprint density at radius 2 is 1.73 bits per heavy atom. The lowest BCUT2D eigenvalue weighted by molar-refractivity contribution is -0.131. The number of hydrogen-bond acceptors (Lipinski definition) is 4. The first-order chi connectivity index (χ1) is 12.4. The molecule has 0 spiro atoms. The summed E-state index contributed by atoms with van der Waals surface area (Å²) in [4.78, 5) is 41.2. The quantitative estimate of drug-likeness (QED) is 0.637. The van der Waals surface area contributed by atoms with E-state index in [4.69, 9.17) is 23.2 Å². The summed E-state index contributed by atoms with van der Waals surface area (Å²) in [6.07, 6.45) is 1.06. The molecule has 6 nitrogen and oxygen atoms in total. The number of amides is 4. The lowest BCUT2D eigenvalue weighted by Gasteiger charge is -2.28. The minimum atomic E-state index is -1.41. The second kappa shape index (κ2) is 7.23.